The van der Waals surface area contributed by atoms with E-state index in [2.05, 4.69) is 0 Å². The second-order valence-corrected chi connectivity index (χ2v) is 2.52. The Morgan fingerprint density at radius 3 is 0.917 bits per heavy atom. The molecule has 0 N–H and O–H groups in total. The molecule has 0 fully saturated rings. The summed E-state index contributed by atoms with van der Waals surface area (Å²) in [6.45, 7) is 0. The Kier molecular flexibility index (Phi) is 34.3. The van der Waals surface area contributed by atoms with Crippen LogP contribution >= 0.6 is 46.4 Å². The van der Waals surface area contributed by atoms with Crippen molar-refractivity contribution < 1.29 is 15.0 Å². The van der Waals surface area contributed by atoms with Crippen molar-refractivity contribution in [2.75, 3.05) is 23.5 Å². The number of carbonyl (C=O) groups excluding carboxylic acids is 1. The quantitative estimate of drug-likeness (QED) is 0.676. The topological polar surface area (TPSA) is 63.2 Å². The third kappa shape index (κ3) is 157. The fourth-order valence-electron chi connectivity index (χ4n) is 0. The van der Waals surface area contributed by atoms with E-state index in [1.165, 1.54) is 0 Å². The highest BCUT2D eigenvalue weighted by Gasteiger charge is 1.62. The second kappa shape index (κ2) is 22.5. The van der Waals surface area contributed by atoms with Gasteiger partial charge in [0.1, 0.15) is 0 Å². The lowest BCUT2D eigenvalue weighted by Gasteiger charge is -1.96. The summed E-state index contributed by atoms with van der Waals surface area (Å²) >= 11 is 20.2. The number of hydrogen-bond acceptors (Lipinski definition) is 3. The molecule has 0 heterocycles. The number of carboxylic acid groups (broad SMARTS) is 2. The molecule has 76 valence electrons. The van der Waals surface area contributed by atoms with Crippen LogP contribution in [0.25, 0.3) is 0 Å². The Hall–Kier alpha value is 0.430. The van der Waals surface area contributed by atoms with E-state index >= 15 is 0 Å². The molecular weight excluding hydrogens is 250 g/mol. The van der Waals surface area contributed by atoms with E-state index in [1.807, 2.05) is 0 Å². The molecule has 7 heteroatoms. The van der Waals surface area contributed by atoms with Crippen molar-refractivity contribution in [1.29, 1.82) is 0 Å². The van der Waals surface area contributed by atoms with E-state index < -0.39 is 6.16 Å². The summed E-state index contributed by atoms with van der Waals surface area (Å²) < 4.78 is 0. The predicted molar refractivity (Wildman–Crippen MR) is 48.3 cm³/mol. The second-order valence-electron chi connectivity index (χ2n) is 1.01. The molecule has 0 atom stereocenters. The van der Waals surface area contributed by atoms with Crippen molar-refractivity contribution in [2.45, 2.75) is 0 Å². The molecule has 0 saturated carbocycles. The summed E-state index contributed by atoms with van der Waals surface area (Å²) in [6.07, 6.45) is -2.33. The minimum Gasteiger partial charge on any atom is -0.652 e. The number of halogens is 4. The van der Waals surface area contributed by atoms with Crippen LogP contribution in [0.4, 0.5) is 4.79 Å². The summed E-state index contributed by atoms with van der Waals surface area (Å²) in [7, 11) is 0. The highest BCUT2D eigenvalue weighted by Crippen LogP contribution is 1.75. The highest BCUT2D eigenvalue weighted by atomic mass is 35.5. The van der Waals surface area contributed by atoms with Crippen LogP contribution in [0.1, 0.15) is 0 Å². The van der Waals surface area contributed by atoms with Gasteiger partial charge in [0.05, 0.1) is 0 Å². The van der Waals surface area contributed by atoms with Crippen LogP contribution in [0.5, 0.6) is 0 Å². The molecule has 0 aliphatic heterocycles. The number of alkyl halides is 4. The molecule has 0 unspecified atom stereocenters. The Morgan fingerprint density at radius 1 is 0.833 bits per heavy atom. The molecule has 0 aromatic rings. The molecule has 0 rings (SSSR count). The molecule has 0 saturated heterocycles. The van der Waals surface area contributed by atoms with Crippen LogP contribution < -0.4 is 10.2 Å². The van der Waals surface area contributed by atoms with Gasteiger partial charge in [-0.05, 0) is 6.16 Å². The van der Waals surface area contributed by atoms with Crippen molar-refractivity contribution in [3.05, 3.63) is 0 Å². The normalized spacial score (nSPS) is 7.00. The molecule has 3 nitrogen and oxygen atoms in total. The molecular formula is C5H8Cl4O3-2. The average Bonchev–Trinajstić information content (AvgIpc) is 2.03. The largest absolute Gasteiger partial charge is 0.652 e. The molecule has 0 radical (unpaired) electrons. The van der Waals surface area contributed by atoms with E-state index in [0.717, 1.165) is 0 Å². The molecule has 0 spiro atoms. The van der Waals surface area contributed by atoms with E-state index in [1.54, 1.807) is 0 Å². The van der Waals surface area contributed by atoms with Gasteiger partial charge in [-0.25, -0.2) is 0 Å². The maximum Gasteiger partial charge on any atom is 0.0359 e. The van der Waals surface area contributed by atoms with Gasteiger partial charge >= 0.3 is 0 Å². The van der Waals surface area contributed by atoms with Gasteiger partial charge in [-0.3, -0.25) is 0 Å². The van der Waals surface area contributed by atoms with E-state index in [0.29, 0.717) is 23.5 Å². The van der Waals surface area contributed by atoms with Gasteiger partial charge in [0.25, 0.3) is 0 Å². The van der Waals surface area contributed by atoms with Crippen molar-refractivity contribution in [3.8, 4) is 0 Å². The zero-order chi connectivity index (χ0) is 10.4. The molecule has 0 aromatic heterocycles. The number of hydrogen-bond donors (Lipinski definition) is 0. The van der Waals surface area contributed by atoms with Crippen LogP contribution in [0, 0.1) is 0 Å². The molecule has 0 aliphatic rings. The van der Waals surface area contributed by atoms with Crippen molar-refractivity contribution in [2.24, 2.45) is 0 Å². The van der Waals surface area contributed by atoms with Crippen LogP contribution in [-0.2, 0) is 0 Å². The van der Waals surface area contributed by atoms with E-state index in [4.69, 9.17) is 61.4 Å². The van der Waals surface area contributed by atoms with Crippen LogP contribution in [0.3, 0.4) is 0 Å². The van der Waals surface area contributed by atoms with Crippen LogP contribution in [-0.4, -0.2) is 29.7 Å². The molecule has 0 aromatic carbocycles. The monoisotopic (exact) mass is 256 g/mol. The first kappa shape index (κ1) is 18.3. The molecule has 12 heavy (non-hydrogen) atoms. The Morgan fingerprint density at radius 2 is 0.917 bits per heavy atom. The van der Waals surface area contributed by atoms with Gasteiger partial charge in [0.2, 0.25) is 0 Å². The summed E-state index contributed by atoms with van der Waals surface area (Å²) in [4.78, 5) is 8.33. The fourth-order valence-corrected chi connectivity index (χ4v) is 0. The molecule has 0 aliphatic carbocycles. The summed E-state index contributed by atoms with van der Waals surface area (Å²) in [5.74, 6) is 2.23. The summed E-state index contributed by atoms with van der Waals surface area (Å²) in [5, 5.41) is 16.7. The predicted octanol–water partition coefficient (Wildman–Crippen LogP) is 0.481. The Balaban J connectivity index is -0.000000101. The van der Waals surface area contributed by atoms with Crippen molar-refractivity contribution in [1.82, 2.24) is 0 Å². The zero-order valence-corrected chi connectivity index (χ0v) is 9.09. The number of rotatable bonds is 2. The van der Waals surface area contributed by atoms with Crippen LogP contribution in [0.2, 0.25) is 0 Å². The average molecular weight is 258 g/mol. The van der Waals surface area contributed by atoms with E-state index in [9.17, 15) is 0 Å². The maximum atomic E-state index is 8.33. The van der Waals surface area contributed by atoms with Crippen molar-refractivity contribution >= 4 is 52.6 Å². The van der Waals surface area contributed by atoms with Gasteiger partial charge in [0, 0.05) is 23.5 Å². The first-order valence-electron chi connectivity index (χ1n) is 2.68. The minimum atomic E-state index is -2.33. The summed E-state index contributed by atoms with van der Waals surface area (Å²) in [6, 6.07) is 0. The first-order valence-corrected chi connectivity index (χ1v) is 4.82. The van der Waals surface area contributed by atoms with Crippen molar-refractivity contribution in [3.63, 3.8) is 0 Å². The van der Waals surface area contributed by atoms with Gasteiger partial charge < -0.3 is 15.0 Å². The lowest BCUT2D eigenvalue weighted by molar-refractivity contribution is -0.415. The minimum absolute atomic E-state index is 0.557. The van der Waals surface area contributed by atoms with Gasteiger partial charge in [-0.1, -0.05) is 0 Å². The standard InChI is InChI=1S/2C2H4Cl2.CH2O3/c2*3-1-2-4;2-1(3)4/h2*1-2H2;(H2,2,3,4)/p-2. The Bertz CT molecular complexity index is 69.1. The van der Waals surface area contributed by atoms with E-state index in [-0.39, 0.29) is 0 Å². The SMILES string of the molecule is ClCCCl.ClCCCl.O=C([O-])[O-]. The third-order valence-electron chi connectivity index (χ3n) is 0.143. The fraction of sp³-hybridized carbons (Fsp3) is 0.800. The molecule has 0 bridgehead atoms. The first-order chi connectivity index (χ1) is 5.56. The highest BCUT2D eigenvalue weighted by molar-refractivity contribution is 6.26. The maximum absolute atomic E-state index is 8.33. The third-order valence-corrected chi connectivity index (χ3v) is 1.29. The lowest BCUT2D eigenvalue weighted by atomic mass is 11.0. The zero-order valence-electron chi connectivity index (χ0n) is 6.07. The van der Waals surface area contributed by atoms with Gasteiger partial charge in [0.15, 0.2) is 0 Å². The number of carbonyl (C=O) groups is 1. The Labute approximate surface area is 91.2 Å². The molecule has 0 amide bonds. The summed E-state index contributed by atoms with van der Waals surface area (Å²) in [5.41, 5.74) is 0. The van der Waals surface area contributed by atoms with Gasteiger partial charge in [-0.15, -0.1) is 46.4 Å². The van der Waals surface area contributed by atoms with Gasteiger partial charge in [-0.2, -0.15) is 0 Å². The lowest BCUT2D eigenvalue weighted by Crippen LogP contribution is -2.37. The smallest absolute Gasteiger partial charge is 0.0359 e. The van der Waals surface area contributed by atoms with Crippen LogP contribution in [0.15, 0.2) is 0 Å².